The highest BCUT2D eigenvalue weighted by Gasteiger charge is 2.23. The van der Waals surface area contributed by atoms with E-state index in [1.807, 2.05) is 31.2 Å². The molecular weight excluding hydrogens is 477 g/mol. The summed E-state index contributed by atoms with van der Waals surface area (Å²) < 4.78 is 1.48. The van der Waals surface area contributed by atoms with Gasteiger partial charge in [-0.3, -0.25) is 14.2 Å². The molecule has 8 heteroatoms. The Morgan fingerprint density at radius 2 is 1.97 bits per heavy atom. The van der Waals surface area contributed by atoms with Crippen LogP contribution in [-0.2, 0) is 24.2 Å². The number of carbonyl (C=O) groups is 1. The van der Waals surface area contributed by atoms with Gasteiger partial charge in [0.25, 0.3) is 5.56 Å². The molecule has 2 aromatic heterocycles. The van der Waals surface area contributed by atoms with Gasteiger partial charge >= 0.3 is 0 Å². The van der Waals surface area contributed by atoms with E-state index in [-0.39, 0.29) is 18.0 Å². The summed E-state index contributed by atoms with van der Waals surface area (Å²) in [5, 5.41) is 4.27. The SMILES string of the molecule is Cc1cccc(-c2nc3sc4c(c3c(=O)n2CC(=O)Nc2cc(Cl)ccc2Cl)CCCC4)c1. The number of hydrogen-bond acceptors (Lipinski definition) is 4. The highest BCUT2D eigenvalue weighted by Crippen LogP contribution is 2.35. The van der Waals surface area contributed by atoms with Gasteiger partial charge in [-0.2, -0.15) is 0 Å². The number of benzene rings is 2. The number of amides is 1. The Morgan fingerprint density at radius 3 is 2.79 bits per heavy atom. The van der Waals surface area contributed by atoms with Gasteiger partial charge in [-0.25, -0.2) is 4.98 Å². The number of aromatic nitrogens is 2. The lowest BCUT2D eigenvalue weighted by Gasteiger charge is -2.15. The number of aryl methyl sites for hydroxylation is 3. The Hall–Kier alpha value is -2.67. The summed E-state index contributed by atoms with van der Waals surface area (Å²) in [6.45, 7) is 1.81. The van der Waals surface area contributed by atoms with Crippen molar-refractivity contribution in [2.45, 2.75) is 39.2 Å². The van der Waals surface area contributed by atoms with Gasteiger partial charge in [0.1, 0.15) is 17.2 Å². The third kappa shape index (κ3) is 4.31. The average Bonchev–Trinajstić information content (AvgIpc) is 3.17. The maximum atomic E-state index is 13.8. The van der Waals surface area contributed by atoms with E-state index in [9.17, 15) is 9.59 Å². The minimum absolute atomic E-state index is 0.178. The van der Waals surface area contributed by atoms with Crippen LogP contribution < -0.4 is 10.9 Å². The lowest BCUT2D eigenvalue weighted by Crippen LogP contribution is -2.30. The lowest BCUT2D eigenvalue weighted by molar-refractivity contribution is -0.116. The highest BCUT2D eigenvalue weighted by molar-refractivity contribution is 7.18. The average molecular weight is 498 g/mol. The molecule has 5 rings (SSSR count). The summed E-state index contributed by atoms with van der Waals surface area (Å²) in [6.07, 6.45) is 4.04. The van der Waals surface area contributed by atoms with Crippen LogP contribution >= 0.6 is 34.5 Å². The van der Waals surface area contributed by atoms with E-state index in [0.717, 1.165) is 47.2 Å². The lowest BCUT2D eigenvalue weighted by atomic mass is 9.97. The second-order valence-electron chi connectivity index (χ2n) is 8.26. The first-order valence-electron chi connectivity index (χ1n) is 10.8. The summed E-state index contributed by atoms with van der Waals surface area (Å²) >= 11 is 13.9. The normalized spacial score (nSPS) is 13.2. The molecule has 0 saturated heterocycles. The highest BCUT2D eigenvalue weighted by atomic mass is 35.5. The molecule has 1 amide bonds. The fourth-order valence-electron chi connectivity index (χ4n) is 4.32. The number of rotatable bonds is 4. The van der Waals surface area contributed by atoms with E-state index in [0.29, 0.717) is 26.9 Å². The Kier molecular flexibility index (Phi) is 5.99. The number of carbonyl (C=O) groups excluding carboxylic acids is 1. The van der Waals surface area contributed by atoms with Crippen molar-refractivity contribution in [3.8, 4) is 11.4 Å². The topological polar surface area (TPSA) is 64.0 Å². The quantitative estimate of drug-likeness (QED) is 0.361. The Balaban J connectivity index is 1.63. The molecule has 168 valence electrons. The minimum Gasteiger partial charge on any atom is -0.323 e. The Morgan fingerprint density at radius 1 is 1.15 bits per heavy atom. The summed E-state index contributed by atoms with van der Waals surface area (Å²) in [6, 6.07) is 12.7. The zero-order valence-electron chi connectivity index (χ0n) is 18.0. The molecule has 0 fully saturated rings. The fraction of sp³-hybridized carbons (Fsp3) is 0.240. The predicted octanol–water partition coefficient (Wildman–Crippen LogP) is 6.26. The van der Waals surface area contributed by atoms with Gasteiger partial charge in [0.2, 0.25) is 5.91 Å². The van der Waals surface area contributed by atoms with Gasteiger partial charge in [0.05, 0.1) is 16.1 Å². The van der Waals surface area contributed by atoms with E-state index in [2.05, 4.69) is 5.32 Å². The van der Waals surface area contributed by atoms with Crippen molar-refractivity contribution in [2.75, 3.05) is 5.32 Å². The van der Waals surface area contributed by atoms with E-state index in [1.54, 1.807) is 29.5 Å². The third-order valence-corrected chi connectivity index (χ3v) is 7.61. The van der Waals surface area contributed by atoms with E-state index in [4.69, 9.17) is 28.2 Å². The first-order valence-corrected chi connectivity index (χ1v) is 12.3. The van der Waals surface area contributed by atoms with Crippen LogP contribution in [0.4, 0.5) is 5.69 Å². The van der Waals surface area contributed by atoms with Crippen LogP contribution in [0.5, 0.6) is 0 Å². The molecule has 1 N–H and O–H groups in total. The van der Waals surface area contributed by atoms with Gasteiger partial charge in [0.15, 0.2) is 0 Å². The van der Waals surface area contributed by atoms with Gasteiger partial charge in [-0.05, 0) is 62.4 Å². The number of anilines is 1. The van der Waals surface area contributed by atoms with Crippen LogP contribution in [0.2, 0.25) is 10.0 Å². The zero-order chi connectivity index (χ0) is 23.1. The number of nitrogens with zero attached hydrogens (tertiary/aromatic N) is 2. The molecule has 5 nitrogen and oxygen atoms in total. The van der Waals surface area contributed by atoms with Crippen LogP contribution in [-0.4, -0.2) is 15.5 Å². The molecule has 0 radical (unpaired) electrons. The number of fused-ring (bicyclic) bond motifs is 3. The standard InChI is InChI=1S/C25H21Cl2N3O2S/c1-14-5-4-6-15(11-14)23-29-24-22(17-7-2-3-8-20(17)33-24)25(32)30(23)13-21(31)28-19-12-16(26)9-10-18(19)27/h4-6,9-12H,2-3,7-8,13H2,1H3,(H,28,31). The maximum absolute atomic E-state index is 13.8. The molecule has 0 aliphatic heterocycles. The van der Waals surface area contributed by atoms with E-state index in [1.165, 1.54) is 9.44 Å². The van der Waals surface area contributed by atoms with Crippen molar-refractivity contribution >= 4 is 56.3 Å². The Bertz CT molecular complexity index is 1460. The first kappa shape index (κ1) is 22.1. The second kappa shape index (κ2) is 8.93. The summed E-state index contributed by atoms with van der Waals surface area (Å²) in [5.41, 5.74) is 3.18. The summed E-state index contributed by atoms with van der Waals surface area (Å²) in [7, 11) is 0. The number of nitrogens with one attached hydrogen (secondary N) is 1. The molecule has 0 unspecified atom stereocenters. The largest absolute Gasteiger partial charge is 0.323 e. The molecule has 4 aromatic rings. The molecule has 0 spiro atoms. The molecule has 0 saturated carbocycles. The van der Waals surface area contributed by atoms with Crippen LogP contribution in [0.1, 0.15) is 28.8 Å². The second-order valence-corrected chi connectivity index (χ2v) is 10.2. The van der Waals surface area contributed by atoms with Crippen LogP contribution in [0.3, 0.4) is 0 Å². The Labute approximate surface area is 205 Å². The van der Waals surface area contributed by atoms with Crippen molar-refractivity contribution in [1.29, 1.82) is 0 Å². The number of hydrogen-bond donors (Lipinski definition) is 1. The molecule has 0 bridgehead atoms. The van der Waals surface area contributed by atoms with Gasteiger partial charge < -0.3 is 5.32 Å². The van der Waals surface area contributed by atoms with Crippen molar-refractivity contribution in [3.63, 3.8) is 0 Å². The maximum Gasteiger partial charge on any atom is 0.263 e. The monoisotopic (exact) mass is 497 g/mol. The molecule has 2 aromatic carbocycles. The molecule has 2 heterocycles. The van der Waals surface area contributed by atoms with Crippen molar-refractivity contribution in [3.05, 3.63) is 78.9 Å². The molecule has 0 atom stereocenters. The summed E-state index contributed by atoms with van der Waals surface area (Å²) in [4.78, 5) is 33.7. The van der Waals surface area contributed by atoms with Crippen molar-refractivity contribution in [2.24, 2.45) is 0 Å². The van der Waals surface area contributed by atoms with E-state index >= 15 is 0 Å². The fourth-order valence-corrected chi connectivity index (χ4v) is 5.91. The van der Waals surface area contributed by atoms with Crippen LogP contribution in [0.15, 0.2) is 47.3 Å². The molecule has 1 aliphatic rings. The molecular formula is C25H21Cl2N3O2S. The number of halogens is 2. The third-order valence-electron chi connectivity index (χ3n) is 5.86. The summed E-state index contributed by atoms with van der Waals surface area (Å²) in [5.74, 6) is 0.113. The van der Waals surface area contributed by atoms with Crippen LogP contribution in [0.25, 0.3) is 21.6 Å². The van der Waals surface area contributed by atoms with Crippen LogP contribution in [0, 0.1) is 6.92 Å². The smallest absolute Gasteiger partial charge is 0.263 e. The molecule has 33 heavy (non-hydrogen) atoms. The predicted molar refractivity (Wildman–Crippen MR) is 136 cm³/mol. The van der Waals surface area contributed by atoms with Gasteiger partial charge in [0, 0.05) is 15.5 Å². The molecule has 1 aliphatic carbocycles. The zero-order valence-corrected chi connectivity index (χ0v) is 20.3. The van der Waals surface area contributed by atoms with E-state index < -0.39 is 0 Å². The minimum atomic E-state index is -0.375. The van der Waals surface area contributed by atoms with Crippen molar-refractivity contribution in [1.82, 2.24) is 9.55 Å². The first-order chi connectivity index (χ1) is 15.9. The van der Waals surface area contributed by atoms with Gasteiger partial charge in [-0.1, -0.05) is 47.0 Å². The van der Waals surface area contributed by atoms with Crippen molar-refractivity contribution < 1.29 is 4.79 Å². The van der Waals surface area contributed by atoms with Gasteiger partial charge in [-0.15, -0.1) is 11.3 Å². The number of thiophene rings is 1.